The fourth-order valence-corrected chi connectivity index (χ4v) is 1.26. The van der Waals surface area contributed by atoms with Gasteiger partial charge in [-0.15, -0.1) is 0 Å². The zero-order valence-corrected chi connectivity index (χ0v) is 8.40. The van der Waals surface area contributed by atoms with Gasteiger partial charge in [0.05, 0.1) is 0 Å². The Morgan fingerprint density at radius 3 is 2.36 bits per heavy atom. The summed E-state index contributed by atoms with van der Waals surface area (Å²) in [6.45, 7) is 2.15. The number of hydrogen-bond acceptors (Lipinski definition) is 2. The molecule has 0 aliphatic carbocycles. The van der Waals surface area contributed by atoms with E-state index < -0.39 is 0 Å². The Hall–Kier alpha value is -1.44. The molecule has 0 fully saturated rings. The second-order valence-electron chi connectivity index (χ2n) is 3.33. The molecular weight excluding hydrogens is 176 g/mol. The standard InChI is InChI=1S/C12H16O2/c1-2-3-4-5-6-10-7-11(13)9-12(14)8-10/h5-9,13-14H,2-4H2,1H3. The molecule has 1 aromatic rings. The fourth-order valence-electron chi connectivity index (χ4n) is 1.26. The number of unbranched alkanes of at least 4 members (excludes halogenated alkanes) is 2. The molecule has 0 aliphatic heterocycles. The zero-order valence-electron chi connectivity index (χ0n) is 8.40. The van der Waals surface area contributed by atoms with Gasteiger partial charge in [-0.2, -0.15) is 0 Å². The van der Waals surface area contributed by atoms with Gasteiger partial charge in [-0.25, -0.2) is 0 Å². The van der Waals surface area contributed by atoms with Crippen LogP contribution in [0, 0.1) is 0 Å². The summed E-state index contributed by atoms with van der Waals surface area (Å²) in [7, 11) is 0. The maximum Gasteiger partial charge on any atom is 0.119 e. The van der Waals surface area contributed by atoms with E-state index in [1.165, 1.54) is 18.9 Å². The molecule has 2 nitrogen and oxygen atoms in total. The van der Waals surface area contributed by atoms with Crippen LogP contribution in [0.5, 0.6) is 11.5 Å². The molecule has 1 aromatic carbocycles. The molecule has 0 heterocycles. The quantitative estimate of drug-likeness (QED) is 0.718. The van der Waals surface area contributed by atoms with Crippen molar-refractivity contribution in [1.82, 2.24) is 0 Å². The first-order valence-electron chi connectivity index (χ1n) is 4.92. The predicted molar refractivity (Wildman–Crippen MR) is 58.3 cm³/mol. The van der Waals surface area contributed by atoms with E-state index in [4.69, 9.17) is 0 Å². The molecular formula is C12H16O2. The average molecular weight is 192 g/mol. The Morgan fingerprint density at radius 1 is 1.14 bits per heavy atom. The summed E-state index contributed by atoms with van der Waals surface area (Å²) < 4.78 is 0. The zero-order chi connectivity index (χ0) is 10.4. The van der Waals surface area contributed by atoms with E-state index >= 15 is 0 Å². The van der Waals surface area contributed by atoms with E-state index in [9.17, 15) is 10.2 Å². The molecule has 0 aromatic heterocycles. The number of rotatable bonds is 4. The minimum absolute atomic E-state index is 0.0974. The third-order valence-electron chi connectivity index (χ3n) is 1.96. The summed E-state index contributed by atoms with van der Waals surface area (Å²) in [5.41, 5.74) is 0.832. The number of allylic oxidation sites excluding steroid dienone is 1. The van der Waals surface area contributed by atoms with Crippen LogP contribution in [-0.2, 0) is 0 Å². The summed E-state index contributed by atoms with van der Waals surface area (Å²) in [6.07, 6.45) is 7.34. The van der Waals surface area contributed by atoms with Crippen molar-refractivity contribution in [2.24, 2.45) is 0 Å². The summed E-state index contributed by atoms with van der Waals surface area (Å²) >= 11 is 0. The summed E-state index contributed by atoms with van der Waals surface area (Å²) in [5.74, 6) is 0.195. The molecule has 0 spiro atoms. The second-order valence-corrected chi connectivity index (χ2v) is 3.33. The number of benzene rings is 1. The van der Waals surface area contributed by atoms with Crippen molar-refractivity contribution < 1.29 is 10.2 Å². The van der Waals surface area contributed by atoms with Crippen molar-refractivity contribution in [3.05, 3.63) is 29.8 Å². The van der Waals surface area contributed by atoms with E-state index in [1.54, 1.807) is 12.1 Å². The van der Waals surface area contributed by atoms with Crippen molar-refractivity contribution >= 4 is 6.08 Å². The molecule has 0 saturated carbocycles. The van der Waals surface area contributed by atoms with Gasteiger partial charge in [-0.3, -0.25) is 0 Å². The minimum atomic E-state index is 0.0974. The van der Waals surface area contributed by atoms with Crippen LogP contribution in [-0.4, -0.2) is 10.2 Å². The third kappa shape index (κ3) is 3.52. The van der Waals surface area contributed by atoms with E-state index in [0.29, 0.717) is 0 Å². The molecule has 1 rings (SSSR count). The van der Waals surface area contributed by atoms with Crippen LogP contribution in [0.25, 0.3) is 6.08 Å². The number of hydrogen-bond donors (Lipinski definition) is 2. The normalized spacial score (nSPS) is 10.9. The van der Waals surface area contributed by atoms with Crippen LogP contribution in [0.2, 0.25) is 0 Å². The number of aromatic hydroxyl groups is 2. The molecule has 0 amide bonds. The topological polar surface area (TPSA) is 40.5 Å². The Balaban J connectivity index is 2.62. The molecule has 0 aliphatic rings. The van der Waals surface area contributed by atoms with Gasteiger partial charge in [-0.05, 0) is 24.1 Å². The smallest absolute Gasteiger partial charge is 0.119 e. The van der Waals surface area contributed by atoms with Crippen LogP contribution in [0.1, 0.15) is 31.7 Å². The Morgan fingerprint density at radius 2 is 1.79 bits per heavy atom. The Bertz CT molecular complexity index is 296. The number of phenolic OH excluding ortho intramolecular Hbond substituents is 2. The van der Waals surface area contributed by atoms with Gasteiger partial charge in [0.25, 0.3) is 0 Å². The summed E-state index contributed by atoms with van der Waals surface area (Å²) in [4.78, 5) is 0. The first kappa shape index (κ1) is 10.6. The Labute approximate surface area is 84.5 Å². The maximum atomic E-state index is 9.20. The van der Waals surface area contributed by atoms with Gasteiger partial charge >= 0.3 is 0 Å². The Kier molecular flexibility index (Phi) is 4.05. The highest BCUT2D eigenvalue weighted by Crippen LogP contribution is 2.21. The highest BCUT2D eigenvalue weighted by atomic mass is 16.3. The molecule has 14 heavy (non-hydrogen) atoms. The maximum absolute atomic E-state index is 9.20. The van der Waals surface area contributed by atoms with Crippen LogP contribution in [0.15, 0.2) is 24.3 Å². The van der Waals surface area contributed by atoms with Crippen LogP contribution < -0.4 is 0 Å². The van der Waals surface area contributed by atoms with E-state index in [1.807, 2.05) is 6.08 Å². The van der Waals surface area contributed by atoms with Crippen molar-refractivity contribution in [3.8, 4) is 11.5 Å². The van der Waals surface area contributed by atoms with Crippen LogP contribution >= 0.6 is 0 Å². The van der Waals surface area contributed by atoms with E-state index in [-0.39, 0.29) is 11.5 Å². The third-order valence-corrected chi connectivity index (χ3v) is 1.96. The monoisotopic (exact) mass is 192 g/mol. The average Bonchev–Trinajstić information content (AvgIpc) is 2.11. The molecule has 0 atom stereocenters. The predicted octanol–water partition coefficient (Wildman–Crippen LogP) is 3.30. The fraction of sp³-hybridized carbons (Fsp3) is 0.333. The van der Waals surface area contributed by atoms with Gasteiger partial charge in [0.2, 0.25) is 0 Å². The second kappa shape index (κ2) is 5.32. The molecule has 0 saturated heterocycles. The largest absolute Gasteiger partial charge is 0.508 e. The number of phenols is 2. The summed E-state index contributed by atoms with van der Waals surface area (Å²) in [5, 5.41) is 18.4. The van der Waals surface area contributed by atoms with Gasteiger partial charge in [0.15, 0.2) is 0 Å². The SMILES string of the molecule is CCCCC=Cc1cc(O)cc(O)c1. The van der Waals surface area contributed by atoms with Crippen molar-refractivity contribution in [2.75, 3.05) is 0 Å². The first-order chi connectivity index (χ1) is 6.72. The van der Waals surface area contributed by atoms with Gasteiger partial charge in [-0.1, -0.05) is 31.9 Å². The van der Waals surface area contributed by atoms with Crippen molar-refractivity contribution in [1.29, 1.82) is 0 Å². The van der Waals surface area contributed by atoms with Crippen molar-refractivity contribution in [3.63, 3.8) is 0 Å². The molecule has 2 N–H and O–H groups in total. The van der Waals surface area contributed by atoms with Gasteiger partial charge in [0.1, 0.15) is 11.5 Å². The van der Waals surface area contributed by atoms with Crippen molar-refractivity contribution in [2.45, 2.75) is 26.2 Å². The lowest BCUT2D eigenvalue weighted by Gasteiger charge is -1.97. The van der Waals surface area contributed by atoms with Gasteiger partial charge < -0.3 is 10.2 Å². The molecule has 0 bridgehead atoms. The van der Waals surface area contributed by atoms with E-state index in [0.717, 1.165) is 12.0 Å². The molecule has 76 valence electrons. The lowest BCUT2D eigenvalue weighted by Crippen LogP contribution is -1.73. The molecule has 0 radical (unpaired) electrons. The lowest BCUT2D eigenvalue weighted by atomic mass is 10.1. The molecule has 2 heteroatoms. The minimum Gasteiger partial charge on any atom is -0.508 e. The van der Waals surface area contributed by atoms with E-state index in [2.05, 4.69) is 13.0 Å². The van der Waals surface area contributed by atoms with Crippen LogP contribution in [0.3, 0.4) is 0 Å². The van der Waals surface area contributed by atoms with Gasteiger partial charge in [0, 0.05) is 6.07 Å². The van der Waals surface area contributed by atoms with Crippen LogP contribution in [0.4, 0.5) is 0 Å². The lowest BCUT2D eigenvalue weighted by molar-refractivity contribution is 0.450. The first-order valence-corrected chi connectivity index (χ1v) is 4.92. The molecule has 0 unspecified atom stereocenters. The highest BCUT2D eigenvalue weighted by Gasteiger charge is 1.94. The highest BCUT2D eigenvalue weighted by molar-refractivity contribution is 5.54. The summed E-state index contributed by atoms with van der Waals surface area (Å²) in [6, 6.07) is 4.58.